The van der Waals surface area contributed by atoms with Crippen molar-refractivity contribution in [2.75, 3.05) is 12.8 Å². The van der Waals surface area contributed by atoms with E-state index in [0.717, 1.165) is 19.2 Å². The Morgan fingerprint density at radius 2 is 1.78 bits per heavy atom. The molecule has 0 aliphatic carbocycles. The van der Waals surface area contributed by atoms with Gasteiger partial charge in [0, 0.05) is 35.1 Å². The average molecular weight is 365 g/mol. The van der Waals surface area contributed by atoms with Crippen molar-refractivity contribution in [3.63, 3.8) is 0 Å². The van der Waals surface area contributed by atoms with Gasteiger partial charge in [0.1, 0.15) is 0 Å². The van der Waals surface area contributed by atoms with Crippen LogP contribution in [-0.4, -0.2) is 18.3 Å². The first kappa shape index (κ1) is 17.8. The van der Waals surface area contributed by atoms with Crippen molar-refractivity contribution >= 4 is 28.9 Å². The molecular weight excluding hydrogens is 352 g/mol. The Labute approximate surface area is 141 Å². The van der Waals surface area contributed by atoms with Crippen LogP contribution in [0.15, 0.2) is 30.5 Å². The third-order valence-electron chi connectivity index (χ3n) is 3.54. The van der Waals surface area contributed by atoms with E-state index in [1.165, 1.54) is 25.3 Å². The SMILES string of the molecule is COC(c1cc(Cl)ccc1N)(c1ccnc(C)c1Cl)C(F)(F)F. The lowest BCUT2D eigenvalue weighted by Gasteiger charge is -2.36. The van der Waals surface area contributed by atoms with Crippen LogP contribution in [0.5, 0.6) is 0 Å². The zero-order valence-electron chi connectivity index (χ0n) is 12.2. The summed E-state index contributed by atoms with van der Waals surface area (Å²) in [6.45, 7) is 1.50. The molecule has 0 radical (unpaired) electrons. The van der Waals surface area contributed by atoms with E-state index < -0.39 is 11.8 Å². The highest BCUT2D eigenvalue weighted by Crippen LogP contribution is 2.51. The van der Waals surface area contributed by atoms with E-state index in [1.807, 2.05) is 0 Å². The van der Waals surface area contributed by atoms with Crippen molar-refractivity contribution in [2.24, 2.45) is 0 Å². The lowest BCUT2D eigenvalue weighted by molar-refractivity contribution is -0.258. The van der Waals surface area contributed by atoms with Crippen LogP contribution in [0.25, 0.3) is 0 Å². The van der Waals surface area contributed by atoms with E-state index >= 15 is 0 Å². The molecule has 0 spiro atoms. The Kier molecular flexibility index (Phi) is 4.80. The van der Waals surface area contributed by atoms with E-state index in [-0.39, 0.29) is 32.6 Å². The van der Waals surface area contributed by atoms with Crippen molar-refractivity contribution in [1.82, 2.24) is 4.98 Å². The summed E-state index contributed by atoms with van der Waals surface area (Å²) in [7, 11) is 0.944. The summed E-state index contributed by atoms with van der Waals surface area (Å²) >= 11 is 12.0. The molecule has 0 amide bonds. The van der Waals surface area contributed by atoms with E-state index in [1.54, 1.807) is 0 Å². The van der Waals surface area contributed by atoms with Crippen LogP contribution in [0.3, 0.4) is 0 Å². The molecule has 1 atom stereocenters. The number of alkyl halides is 3. The second-order valence-corrected chi connectivity index (χ2v) is 5.69. The van der Waals surface area contributed by atoms with Crippen molar-refractivity contribution in [1.29, 1.82) is 0 Å². The fraction of sp³-hybridized carbons (Fsp3) is 0.267. The first-order chi connectivity index (χ1) is 10.6. The number of halogens is 5. The number of rotatable bonds is 3. The van der Waals surface area contributed by atoms with Crippen LogP contribution in [0.2, 0.25) is 10.0 Å². The van der Waals surface area contributed by atoms with E-state index in [4.69, 9.17) is 33.7 Å². The summed E-state index contributed by atoms with van der Waals surface area (Å²) in [6, 6.07) is 4.97. The van der Waals surface area contributed by atoms with Gasteiger partial charge in [-0.05, 0) is 31.2 Å². The molecule has 0 saturated carbocycles. The van der Waals surface area contributed by atoms with Crippen LogP contribution in [0.1, 0.15) is 16.8 Å². The fourth-order valence-electron chi connectivity index (χ4n) is 2.44. The van der Waals surface area contributed by atoms with E-state index in [2.05, 4.69) is 4.98 Å². The maximum absolute atomic E-state index is 14.1. The van der Waals surface area contributed by atoms with Gasteiger partial charge in [-0.25, -0.2) is 0 Å². The molecule has 0 fully saturated rings. The molecule has 0 bridgehead atoms. The smallest absolute Gasteiger partial charge is 0.398 e. The van der Waals surface area contributed by atoms with Crippen molar-refractivity contribution in [3.8, 4) is 0 Å². The molecule has 2 N–H and O–H groups in total. The van der Waals surface area contributed by atoms with Gasteiger partial charge in [-0.1, -0.05) is 23.2 Å². The molecule has 0 aliphatic heterocycles. The number of nitrogens with zero attached hydrogens (tertiary/aromatic N) is 1. The first-order valence-electron chi connectivity index (χ1n) is 6.44. The van der Waals surface area contributed by atoms with Crippen molar-refractivity contribution in [2.45, 2.75) is 18.7 Å². The number of ether oxygens (including phenoxy) is 1. The molecule has 124 valence electrons. The van der Waals surface area contributed by atoms with E-state index in [9.17, 15) is 13.2 Å². The molecule has 2 aromatic rings. The minimum atomic E-state index is -4.84. The third-order valence-corrected chi connectivity index (χ3v) is 4.26. The van der Waals surface area contributed by atoms with Gasteiger partial charge < -0.3 is 10.5 Å². The van der Waals surface area contributed by atoms with Crippen molar-refractivity contribution in [3.05, 3.63) is 57.3 Å². The highest BCUT2D eigenvalue weighted by molar-refractivity contribution is 6.32. The number of aromatic nitrogens is 1. The fourth-order valence-corrected chi connectivity index (χ4v) is 2.86. The van der Waals surface area contributed by atoms with Crippen LogP contribution >= 0.6 is 23.2 Å². The summed E-state index contributed by atoms with van der Waals surface area (Å²) in [5.41, 5.74) is 2.43. The van der Waals surface area contributed by atoms with Crippen molar-refractivity contribution < 1.29 is 17.9 Å². The normalized spacial score (nSPS) is 14.6. The molecule has 8 heteroatoms. The minimum absolute atomic E-state index is 0.0989. The number of benzene rings is 1. The quantitative estimate of drug-likeness (QED) is 0.800. The van der Waals surface area contributed by atoms with Crippen LogP contribution < -0.4 is 5.73 Å². The minimum Gasteiger partial charge on any atom is -0.398 e. The topological polar surface area (TPSA) is 48.1 Å². The Morgan fingerprint density at radius 1 is 1.13 bits per heavy atom. The zero-order valence-corrected chi connectivity index (χ0v) is 13.7. The first-order valence-corrected chi connectivity index (χ1v) is 7.19. The van der Waals surface area contributed by atoms with Crippen LogP contribution in [0, 0.1) is 6.92 Å². The molecule has 3 nitrogen and oxygen atoms in total. The monoisotopic (exact) mass is 364 g/mol. The third kappa shape index (κ3) is 2.86. The van der Waals surface area contributed by atoms with Gasteiger partial charge in [0.15, 0.2) is 0 Å². The number of nitrogens with two attached hydrogens (primary N) is 1. The number of nitrogen functional groups attached to an aromatic ring is 1. The lowest BCUT2D eigenvalue weighted by Crippen LogP contribution is -2.46. The molecule has 1 unspecified atom stereocenters. The average Bonchev–Trinajstić information content (AvgIpc) is 2.46. The van der Waals surface area contributed by atoms with Gasteiger partial charge in [0.05, 0.1) is 10.7 Å². The molecular formula is C15H13Cl2F3N2O. The number of methoxy groups -OCH3 is 1. The van der Waals surface area contributed by atoms with Crippen LogP contribution in [-0.2, 0) is 10.3 Å². The second kappa shape index (κ2) is 6.19. The summed E-state index contributed by atoms with van der Waals surface area (Å²) in [6.07, 6.45) is -3.60. The summed E-state index contributed by atoms with van der Waals surface area (Å²) in [4.78, 5) is 3.89. The predicted molar refractivity (Wildman–Crippen MR) is 83.7 cm³/mol. The second-order valence-electron chi connectivity index (χ2n) is 4.87. The Bertz CT molecular complexity index is 733. The molecule has 0 saturated heterocycles. The number of aryl methyl sites for hydroxylation is 1. The van der Waals surface area contributed by atoms with Gasteiger partial charge in [0.2, 0.25) is 5.60 Å². The maximum Gasteiger partial charge on any atom is 0.426 e. The van der Waals surface area contributed by atoms with Crippen LogP contribution in [0.4, 0.5) is 18.9 Å². The summed E-state index contributed by atoms with van der Waals surface area (Å²) in [5.74, 6) is 0. The number of pyridine rings is 1. The number of anilines is 1. The summed E-state index contributed by atoms with van der Waals surface area (Å²) in [5, 5.41) is -0.0483. The molecule has 1 aromatic carbocycles. The van der Waals surface area contributed by atoms with Gasteiger partial charge in [-0.2, -0.15) is 13.2 Å². The number of hydrogen-bond donors (Lipinski definition) is 1. The predicted octanol–water partition coefficient (Wildman–Crippen LogP) is 4.73. The summed E-state index contributed by atoms with van der Waals surface area (Å²) < 4.78 is 47.2. The molecule has 1 heterocycles. The van der Waals surface area contributed by atoms with Gasteiger partial charge in [-0.15, -0.1) is 0 Å². The Morgan fingerprint density at radius 3 is 2.35 bits per heavy atom. The molecule has 23 heavy (non-hydrogen) atoms. The highest BCUT2D eigenvalue weighted by Gasteiger charge is 2.60. The standard InChI is InChI=1S/C15H13Cl2F3N2O/c1-8-13(17)10(5-6-22-8)14(23-2,15(18,19)20)11-7-9(16)3-4-12(11)21/h3-7H,21H2,1-2H3. The molecule has 0 aliphatic rings. The maximum atomic E-state index is 14.1. The number of hydrogen-bond acceptors (Lipinski definition) is 3. The Hall–Kier alpha value is -1.50. The lowest BCUT2D eigenvalue weighted by atomic mass is 9.84. The molecule has 1 aromatic heterocycles. The molecule has 2 rings (SSSR count). The van der Waals surface area contributed by atoms with E-state index in [0.29, 0.717) is 0 Å². The Balaban J connectivity index is 2.92. The largest absolute Gasteiger partial charge is 0.426 e. The van der Waals surface area contributed by atoms with Gasteiger partial charge in [0.25, 0.3) is 0 Å². The zero-order chi connectivity index (χ0) is 17.4. The van der Waals surface area contributed by atoms with Gasteiger partial charge >= 0.3 is 6.18 Å². The highest BCUT2D eigenvalue weighted by atomic mass is 35.5. The van der Waals surface area contributed by atoms with Gasteiger partial charge in [-0.3, -0.25) is 4.98 Å².